The molecule has 1 amide bonds. The summed E-state index contributed by atoms with van der Waals surface area (Å²) in [5.74, 6) is 5.80. The molecule has 0 bridgehead atoms. The van der Waals surface area contributed by atoms with Crippen LogP contribution in [0.5, 0.6) is 0 Å². The Morgan fingerprint density at radius 1 is 1.73 bits per heavy atom. The van der Waals surface area contributed by atoms with Gasteiger partial charge >= 0.3 is 0 Å². The predicted octanol–water partition coefficient (Wildman–Crippen LogP) is 1.87. The third-order valence-corrected chi connectivity index (χ3v) is 4.26. The molecule has 1 heterocycles. The topological polar surface area (TPSA) is 55.1 Å². The second-order valence-electron chi connectivity index (χ2n) is 4.04. The number of hydrazine groups is 1. The van der Waals surface area contributed by atoms with E-state index >= 15 is 0 Å². The normalized spacial score (nSPS) is 19.7. The molecule has 1 aliphatic carbocycles. The summed E-state index contributed by atoms with van der Waals surface area (Å²) in [6.07, 6.45) is 4.59. The lowest BCUT2D eigenvalue weighted by Crippen LogP contribution is -2.30. The van der Waals surface area contributed by atoms with Gasteiger partial charge in [-0.15, -0.1) is 11.3 Å². The first-order valence-corrected chi connectivity index (χ1v) is 6.24. The molecule has 1 aliphatic rings. The number of nitrogens with one attached hydrogen (secondary N) is 1. The average Bonchev–Trinajstić information content (AvgIpc) is 2.70. The molecular weight excluding hydrogens is 208 g/mol. The van der Waals surface area contributed by atoms with Crippen LogP contribution in [0.2, 0.25) is 0 Å². The number of rotatable bonds is 2. The zero-order valence-electron chi connectivity index (χ0n) is 8.88. The molecule has 2 rings (SSSR count). The van der Waals surface area contributed by atoms with Crippen LogP contribution in [0, 0.1) is 5.92 Å². The van der Waals surface area contributed by atoms with Crippen molar-refractivity contribution in [3.63, 3.8) is 0 Å². The van der Waals surface area contributed by atoms with Crippen molar-refractivity contribution in [2.45, 2.75) is 32.6 Å². The Bertz CT molecular complexity index is 373. The van der Waals surface area contributed by atoms with E-state index in [9.17, 15) is 4.79 Å². The highest BCUT2D eigenvalue weighted by atomic mass is 32.1. The van der Waals surface area contributed by atoms with Crippen molar-refractivity contribution in [2.75, 3.05) is 0 Å². The van der Waals surface area contributed by atoms with Crippen molar-refractivity contribution >= 4 is 17.2 Å². The first-order valence-electron chi connectivity index (χ1n) is 5.36. The monoisotopic (exact) mass is 224 g/mol. The molecule has 0 spiro atoms. The van der Waals surface area contributed by atoms with E-state index in [-0.39, 0.29) is 5.91 Å². The van der Waals surface area contributed by atoms with Gasteiger partial charge in [0.1, 0.15) is 0 Å². The van der Waals surface area contributed by atoms with Gasteiger partial charge in [0.2, 0.25) is 0 Å². The maximum Gasteiger partial charge on any atom is 0.266 e. The quantitative estimate of drug-likeness (QED) is 0.458. The Hall–Kier alpha value is -0.870. The molecule has 0 saturated carbocycles. The first-order chi connectivity index (χ1) is 7.26. The molecule has 1 atom stereocenters. The van der Waals surface area contributed by atoms with Crippen molar-refractivity contribution < 1.29 is 4.79 Å². The lowest BCUT2D eigenvalue weighted by molar-refractivity contribution is 0.0953. The third kappa shape index (κ3) is 1.92. The lowest BCUT2D eigenvalue weighted by atomic mass is 9.86. The minimum Gasteiger partial charge on any atom is -0.290 e. The molecule has 3 N–H and O–H groups in total. The smallest absolute Gasteiger partial charge is 0.266 e. The highest BCUT2D eigenvalue weighted by Gasteiger charge is 2.23. The van der Waals surface area contributed by atoms with E-state index in [1.165, 1.54) is 23.3 Å². The van der Waals surface area contributed by atoms with Crippen LogP contribution in [0.4, 0.5) is 0 Å². The van der Waals surface area contributed by atoms with Crippen LogP contribution in [0.15, 0.2) is 5.38 Å². The van der Waals surface area contributed by atoms with Gasteiger partial charge in [0.15, 0.2) is 0 Å². The van der Waals surface area contributed by atoms with Gasteiger partial charge in [0.25, 0.3) is 5.91 Å². The molecule has 82 valence electrons. The number of nitrogens with two attached hydrogens (primary N) is 1. The van der Waals surface area contributed by atoms with Gasteiger partial charge in [0, 0.05) is 10.3 Å². The Morgan fingerprint density at radius 2 is 2.53 bits per heavy atom. The zero-order valence-corrected chi connectivity index (χ0v) is 9.69. The number of hydrogen-bond donors (Lipinski definition) is 2. The summed E-state index contributed by atoms with van der Waals surface area (Å²) in [4.78, 5) is 12.8. The number of fused-ring (bicyclic) bond motifs is 1. The zero-order chi connectivity index (χ0) is 10.8. The second-order valence-corrected chi connectivity index (χ2v) is 5.01. The fourth-order valence-electron chi connectivity index (χ4n) is 2.20. The first kappa shape index (κ1) is 10.6. The van der Waals surface area contributed by atoms with Gasteiger partial charge in [-0.3, -0.25) is 10.2 Å². The van der Waals surface area contributed by atoms with Crippen molar-refractivity contribution in [2.24, 2.45) is 11.8 Å². The molecule has 0 unspecified atom stereocenters. The Balaban J connectivity index is 2.26. The van der Waals surface area contributed by atoms with Crippen LogP contribution in [-0.2, 0) is 12.8 Å². The molecule has 1 aromatic heterocycles. The number of nitrogen functional groups attached to an aromatic ring is 1. The summed E-state index contributed by atoms with van der Waals surface area (Å²) >= 11 is 1.70. The van der Waals surface area contributed by atoms with Crippen LogP contribution in [-0.4, -0.2) is 5.91 Å². The average molecular weight is 224 g/mol. The van der Waals surface area contributed by atoms with Gasteiger partial charge in [-0.25, -0.2) is 5.84 Å². The molecule has 0 fully saturated rings. The molecule has 0 radical (unpaired) electrons. The summed E-state index contributed by atoms with van der Waals surface area (Å²) in [6.45, 7) is 2.23. The van der Waals surface area contributed by atoms with E-state index in [0.29, 0.717) is 0 Å². The van der Waals surface area contributed by atoms with Crippen LogP contribution in [0.3, 0.4) is 0 Å². The second kappa shape index (κ2) is 4.33. The van der Waals surface area contributed by atoms with Crippen molar-refractivity contribution in [3.8, 4) is 0 Å². The predicted molar refractivity (Wildman–Crippen MR) is 61.8 cm³/mol. The minimum absolute atomic E-state index is 0.151. The molecule has 3 nitrogen and oxygen atoms in total. The van der Waals surface area contributed by atoms with E-state index in [2.05, 4.69) is 12.3 Å². The van der Waals surface area contributed by atoms with E-state index in [1.54, 1.807) is 11.3 Å². The summed E-state index contributed by atoms with van der Waals surface area (Å²) in [5, 5.41) is 1.94. The van der Waals surface area contributed by atoms with Crippen molar-refractivity contribution in [3.05, 3.63) is 21.4 Å². The molecular formula is C11H16N2OS. The van der Waals surface area contributed by atoms with Crippen LogP contribution >= 0.6 is 11.3 Å². The van der Waals surface area contributed by atoms with Gasteiger partial charge in [-0.1, -0.05) is 13.3 Å². The number of carbonyl (C=O) groups is 1. The largest absolute Gasteiger partial charge is 0.290 e. The highest BCUT2D eigenvalue weighted by molar-refractivity contribution is 7.10. The van der Waals surface area contributed by atoms with Crippen LogP contribution < -0.4 is 11.3 Å². The minimum atomic E-state index is -0.151. The molecule has 0 saturated heterocycles. The van der Waals surface area contributed by atoms with Gasteiger partial charge in [-0.05, 0) is 30.7 Å². The summed E-state index contributed by atoms with van der Waals surface area (Å²) < 4.78 is 0. The van der Waals surface area contributed by atoms with Gasteiger partial charge in [-0.2, -0.15) is 0 Å². The van der Waals surface area contributed by atoms with E-state index in [4.69, 9.17) is 5.84 Å². The summed E-state index contributed by atoms with van der Waals surface area (Å²) in [6, 6.07) is 0. The fourth-order valence-corrected chi connectivity index (χ4v) is 3.39. The number of hydrogen-bond acceptors (Lipinski definition) is 3. The molecule has 1 aromatic rings. The van der Waals surface area contributed by atoms with Crippen LogP contribution in [0.25, 0.3) is 0 Å². The molecule has 4 heteroatoms. The maximum atomic E-state index is 11.5. The number of thiophene rings is 1. The van der Waals surface area contributed by atoms with Gasteiger partial charge < -0.3 is 0 Å². The SMILES string of the molecule is CC[C@@H]1CCc2c(C(=O)NN)csc2C1. The lowest BCUT2D eigenvalue weighted by Gasteiger charge is -2.21. The number of carbonyl (C=O) groups excluding carboxylic acids is 1. The molecule has 15 heavy (non-hydrogen) atoms. The van der Waals surface area contributed by atoms with E-state index in [1.807, 2.05) is 5.38 Å². The maximum absolute atomic E-state index is 11.5. The summed E-state index contributed by atoms with van der Waals surface area (Å²) in [7, 11) is 0. The Labute approximate surface area is 93.6 Å². The van der Waals surface area contributed by atoms with E-state index in [0.717, 1.165) is 24.3 Å². The third-order valence-electron chi connectivity index (χ3n) is 3.21. The summed E-state index contributed by atoms with van der Waals surface area (Å²) in [5.41, 5.74) is 4.22. The fraction of sp³-hybridized carbons (Fsp3) is 0.545. The number of amides is 1. The standard InChI is InChI=1S/C11H16N2OS/c1-2-7-3-4-8-9(11(14)13-12)6-15-10(8)5-7/h6-7H,2-5,12H2,1H3,(H,13,14)/t7-/m1/s1. The highest BCUT2D eigenvalue weighted by Crippen LogP contribution is 2.33. The van der Waals surface area contributed by atoms with Crippen LogP contribution in [0.1, 0.15) is 40.6 Å². The molecule has 0 aliphatic heterocycles. The Morgan fingerprint density at radius 3 is 3.20 bits per heavy atom. The van der Waals surface area contributed by atoms with Gasteiger partial charge in [0.05, 0.1) is 5.56 Å². The van der Waals surface area contributed by atoms with E-state index < -0.39 is 0 Å². The van der Waals surface area contributed by atoms with Crippen molar-refractivity contribution in [1.82, 2.24) is 5.43 Å². The Kier molecular flexibility index (Phi) is 3.07. The molecule has 0 aromatic carbocycles. The van der Waals surface area contributed by atoms with Crippen molar-refractivity contribution in [1.29, 1.82) is 0 Å².